The zero-order valence-corrected chi connectivity index (χ0v) is 13.0. The van der Waals surface area contributed by atoms with Crippen LogP contribution in [0.2, 0.25) is 0 Å². The lowest BCUT2D eigenvalue weighted by Gasteiger charge is -2.22. The van der Waals surface area contributed by atoms with Gasteiger partial charge in [0.05, 0.1) is 5.69 Å². The maximum absolute atomic E-state index is 12.2. The molecule has 0 radical (unpaired) electrons. The second-order valence-electron chi connectivity index (χ2n) is 6.15. The maximum atomic E-state index is 12.2. The molecule has 0 unspecified atom stereocenters. The lowest BCUT2D eigenvalue weighted by atomic mass is 10.1. The van der Waals surface area contributed by atoms with Gasteiger partial charge in [0.2, 0.25) is 0 Å². The van der Waals surface area contributed by atoms with E-state index in [1.165, 1.54) is 4.68 Å². The first kappa shape index (κ1) is 15.3. The van der Waals surface area contributed by atoms with Crippen molar-refractivity contribution in [1.82, 2.24) is 9.78 Å². The summed E-state index contributed by atoms with van der Waals surface area (Å²) in [6.07, 6.45) is 0. The van der Waals surface area contributed by atoms with Gasteiger partial charge in [-0.25, -0.2) is 4.68 Å². The quantitative estimate of drug-likeness (QED) is 0.906. The lowest BCUT2D eigenvalue weighted by molar-refractivity contribution is 0.626. The van der Waals surface area contributed by atoms with Gasteiger partial charge < -0.3 is 11.1 Å². The maximum Gasteiger partial charge on any atom is 0.289 e. The van der Waals surface area contributed by atoms with Gasteiger partial charge in [-0.1, -0.05) is 24.3 Å². The van der Waals surface area contributed by atoms with E-state index in [4.69, 9.17) is 5.73 Å². The van der Waals surface area contributed by atoms with Gasteiger partial charge in [-0.05, 0) is 32.4 Å². The molecule has 5 heteroatoms. The topological polar surface area (TPSA) is 72.9 Å². The molecule has 0 saturated carbocycles. The molecule has 1 aromatic heterocycles. The van der Waals surface area contributed by atoms with Crippen molar-refractivity contribution in [2.45, 2.75) is 32.9 Å². The number of nitrogens with one attached hydrogen (secondary N) is 1. The molecular formula is C16H22N4O. The molecule has 2 rings (SSSR count). The molecule has 0 saturated heterocycles. The Morgan fingerprint density at radius 1 is 1.24 bits per heavy atom. The molecule has 1 aromatic carbocycles. The zero-order valence-electron chi connectivity index (χ0n) is 13.0. The van der Waals surface area contributed by atoms with E-state index >= 15 is 0 Å². The number of aromatic nitrogens is 2. The normalized spacial score (nSPS) is 11.5. The molecule has 0 aliphatic rings. The minimum Gasteiger partial charge on any atom is -0.376 e. The summed E-state index contributed by atoms with van der Waals surface area (Å²) in [6, 6.07) is 9.68. The molecule has 5 nitrogen and oxygen atoms in total. The van der Waals surface area contributed by atoms with E-state index in [0.29, 0.717) is 12.2 Å². The molecule has 0 amide bonds. The van der Waals surface area contributed by atoms with Crippen LogP contribution in [0.15, 0.2) is 35.1 Å². The number of aryl methyl sites for hydroxylation is 1. The standard InChI is InChI=1S/C16H22N4O/c1-16(2,3)18-14-9-13(19-20(4)15(14)21)12-7-5-11(10-17)6-8-12/h5-9,18H,10,17H2,1-4H3. The fourth-order valence-corrected chi connectivity index (χ4v) is 2.05. The first-order valence-electron chi connectivity index (χ1n) is 6.96. The third-order valence-corrected chi connectivity index (χ3v) is 3.06. The van der Waals surface area contributed by atoms with Gasteiger partial charge >= 0.3 is 0 Å². The second-order valence-corrected chi connectivity index (χ2v) is 6.15. The third-order valence-electron chi connectivity index (χ3n) is 3.06. The molecule has 1 heterocycles. The summed E-state index contributed by atoms with van der Waals surface area (Å²) in [7, 11) is 1.66. The Balaban J connectivity index is 2.47. The van der Waals surface area contributed by atoms with Crippen molar-refractivity contribution >= 4 is 5.69 Å². The van der Waals surface area contributed by atoms with Crippen LogP contribution in [0.25, 0.3) is 11.3 Å². The predicted octanol–water partition coefficient (Wildman–Crippen LogP) is 2.12. The van der Waals surface area contributed by atoms with E-state index in [-0.39, 0.29) is 11.1 Å². The van der Waals surface area contributed by atoms with Gasteiger partial charge in [0.25, 0.3) is 5.56 Å². The highest BCUT2D eigenvalue weighted by atomic mass is 16.1. The average molecular weight is 286 g/mol. The molecule has 0 atom stereocenters. The van der Waals surface area contributed by atoms with E-state index in [9.17, 15) is 4.79 Å². The van der Waals surface area contributed by atoms with Crippen molar-refractivity contribution in [2.24, 2.45) is 12.8 Å². The van der Waals surface area contributed by atoms with E-state index < -0.39 is 0 Å². The fourth-order valence-electron chi connectivity index (χ4n) is 2.05. The van der Waals surface area contributed by atoms with Crippen molar-refractivity contribution in [2.75, 3.05) is 5.32 Å². The van der Waals surface area contributed by atoms with Crippen LogP contribution in [0.4, 0.5) is 5.69 Å². The Kier molecular flexibility index (Phi) is 4.14. The third kappa shape index (κ3) is 3.70. The Morgan fingerprint density at radius 3 is 2.38 bits per heavy atom. The summed E-state index contributed by atoms with van der Waals surface area (Å²) < 4.78 is 1.36. The molecule has 0 fully saturated rings. The summed E-state index contributed by atoms with van der Waals surface area (Å²) in [5, 5.41) is 7.55. The van der Waals surface area contributed by atoms with Crippen molar-refractivity contribution < 1.29 is 0 Å². The minimum atomic E-state index is -0.186. The first-order valence-corrected chi connectivity index (χ1v) is 6.96. The number of anilines is 1. The molecule has 3 N–H and O–H groups in total. The zero-order chi connectivity index (χ0) is 15.6. The van der Waals surface area contributed by atoms with Crippen LogP contribution in [0, 0.1) is 0 Å². The summed E-state index contributed by atoms with van der Waals surface area (Å²) in [6.45, 7) is 6.56. The Morgan fingerprint density at radius 2 is 1.86 bits per heavy atom. The fraction of sp³-hybridized carbons (Fsp3) is 0.375. The summed E-state index contributed by atoms with van der Waals surface area (Å²) in [5.41, 5.74) is 8.62. The van der Waals surface area contributed by atoms with Crippen LogP contribution in [-0.2, 0) is 13.6 Å². The van der Waals surface area contributed by atoms with Crippen LogP contribution in [-0.4, -0.2) is 15.3 Å². The molecule has 21 heavy (non-hydrogen) atoms. The monoisotopic (exact) mass is 286 g/mol. The van der Waals surface area contributed by atoms with Gasteiger partial charge in [-0.2, -0.15) is 5.10 Å². The minimum absolute atomic E-state index is 0.132. The van der Waals surface area contributed by atoms with Crippen molar-refractivity contribution in [3.8, 4) is 11.3 Å². The highest BCUT2D eigenvalue weighted by Crippen LogP contribution is 2.20. The number of rotatable bonds is 3. The molecule has 0 bridgehead atoms. The lowest BCUT2D eigenvalue weighted by Crippen LogP contribution is -2.32. The van der Waals surface area contributed by atoms with E-state index in [1.54, 1.807) is 13.1 Å². The highest BCUT2D eigenvalue weighted by Gasteiger charge is 2.14. The molecular weight excluding hydrogens is 264 g/mol. The predicted molar refractivity (Wildman–Crippen MR) is 86.2 cm³/mol. The first-order chi connectivity index (χ1) is 9.80. The Labute approximate surface area is 124 Å². The Hall–Kier alpha value is -2.14. The highest BCUT2D eigenvalue weighted by molar-refractivity contribution is 5.63. The Bertz CT molecular complexity index is 681. The van der Waals surface area contributed by atoms with Crippen LogP contribution in [0.5, 0.6) is 0 Å². The summed E-state index contributed by atoms with van der Waals surface area (Å²) in [5.74, 6) is 0. The van der Waals surface area contributed by atoms with E-state index in [0.717, 1.165) is 16.8 Å². The van der Waals surface area contributed by atoms with E-state index in [1.807, 2.05) is 45.0 Å². The number of benzene rings is 1. The smallest absolute Gasteiger partial charge is 0.289 e. The van der Waals surface area contributed by atoms with Crippen molar-refractivity contribution in [1.29, 1.82) is 0 Å². The van der Waals surface area contributed by atoms with Crippen molar-refractivity contribution in [3.05, 3.63) is 46.2 Å². The molecule has 2 aromatic rings. The van der Waals surface area contributed by atoms with E-state index in [2.05, 4.69) is 10.4 Å². The number of hydrogen-bond acceptors (Lipinski definition) is 4. The van der Waals surface area contributed by atoms with Gasteiger partial charge in [0.15, 0.2) is 0 Å². The SMILES string of the molecule is Cn1nc(-c2ccc(CN)cc2)cc(NC(C)(C)C)c1=O. The average Bonchev–Trinajstić information content (AvgIpc) is 2.42. The number of nitrogens with two attached hydrogens (primary N) is 1. The molecule has 0 spiro atoms. The second kappa shape index (κ2) is 5.69. The van der Waals surface area contributed by atoms with Crippen LogP contribution >= 0.6 is 0 Å². The van der Waals surface area contributed by atoms with Gasteiger partial charge in [-0.3, -0.25) is 4.79 Å². The van der Waals surface area contributed by atoms with Gasteiger partial charge in [-0.15, -0.1) is 0 Å². The number of hydrogen-bond donors (Lipinski definition) is 2. The van der Waals surface area contributed by atoms with Gasteiger partial charge in [0.1, 0.15) is 5.69 Å². The molecule has 0 aliphatic carbocycles. The van der Waals surface area contributed by atoms with Crippen molar-refractivity contribution in [3.63, 3.8) is 0 Å². The van der Waals surface area contributed by atoms with Crippen LogP contribution in [0.3, 0.4) is 0 Å². The molecule has 112 valence electrons. The molecule has 0 aliphatic heterocycles. The number of nitrogens with zero attached hydrogens (tertiary/aromatic N) is 2. The summed E-state index contributed by atoms with van der Waals surface area (Å²) >= 11 is 0. The largest absolute Gasteiger partial charge is 0.376 e. The van der Waals surface area contributed by atoms with Crippen LogP contribution in [0.1, 0.15) is 26.3 Å². The van der Waals surface area contributed by atoms with Gasteiger partial charge in [0, 0.05) is 24.7 Å². The van der Waals surface area contributed by atoms with Crippen LogP contribution < -0.4 is 16.6 Å². The summed E-state index contributed by atoms with van der Waals surface area (Å²) in [4.78, 5) is 12.2.